The van der Waals surface area contributed by atoms with Crippen molar-refractivity contribution in [1.29, 1.82) is 5.26 Å². The molecule has 8 heteroatoms. The Hall–Kier alpha value is -3.15. The van der Waals surface area contributed by atoms with Crippen LogP contribution in [0, 0.1) is 18.3 Å². The molecule has 32 heavy (non-hydrogen) atoms. The molecule has 1 aliphatic rings. The lowest BCUT2D eigenvalue weighted by atomic mass is 9.95. The van der Waals surface area contributed by atoms with E-state index in [0.29, 0.717) is 11.6 Å². The zero-order valence-corrected chi connectivity index (χ0v) is 19.2. The molecule has 0 aliphatic heterocycles. The largest absolute Gasteiger partial charge is 0.333 e. The molecule has 4 aromatic rings. The monoisotopic (exact) mass is 445 g/mol. The Labute approximate surface area is 192 Å². The number of aromatic nitrogens is 5. The highest BCUT2D eigenvalue weighted by Gasteiger charge is 2.21. The number of nitrogens with zero attached hydrogens (tertiary/aromatic N) is 6. The third kappa shape index (κ3) is 4.27. The van der Waals surface area contributed by atoms with E-state index in [0.717, 1.165) is 26.6 Å². The fraction of sp³-hybridized carbons (Fsp3) is 0.333. The van der Waals surface area contributed by atoms with Gasteiger partial charge in [0.1, 0.15) is 11.1 Å². The van der Waals surface area contributed by atoms with Gasteiger partial charge in [0, 0.05) is 34.1 Å². The normalized spacial score (nSPS) is 14.1. The Bertz CT molecular complexity index is 1230. The standard InChI is InChI=1S/C23H22N6S.CH5N/c1-16-20(14-27-29(16)19-7-3-2-4-8-19)17-11-21(30-22-9-5-6-10-25-22)23-18(12-24)13-26-28(23)15-17;1-2/h5-6,9-11,13-15,19H,2-4,7-8H2,1H3;2H2,1H3. The minimum Gasteiger partial charge on any atom is -0.333 e. The van der Waals surface area contributed by atoms with E-state index in [1.165, 1.54) is 44.8 Å². The van der Waals surface area contributed by atoms with Crippen molar-refractivity contribution in [1.82, 2.24) is 24.4 Å². The molecule has 0 unspecified atom stereocenters. The van der Waals surface area contributed by atoms with Crippen LogP contribution in [0.15, 0.2) is 59.0 Å². The molecule has 5 rings (SSSR count). The predicted molar refractivity (Wildman–Crippen MR) is 126 cm³/mol. The summed E-state index contributed by atoms with van der Waals surface area (Å²) in [5, 5.41) is 19.6. The Morgan fingerprint density at radius 2 is 1.94 bits per heavy atom. The van der Waals surface area contributed by atoms with Crippen LogP contribution in [0.1, 0.15) is 49.4 Å². The predicted octanol–water partition coefficient (Wildman–Crippen LogP) is 5.00. The molecular formula is C24H27N7S. The van der Waals surface area contributed by atoms with Crippen LogP contribution in [0.25, 0.3) is 16.6 Å². The van der Waals surface area contributed by atoms with Crippen LogP contribution in [-0.2, 0) is 0 Å². The third-order valence-electron chi connectivity index (χ3n) is 5.83. The number of nitrogens with two attached hydrogens (primary N) is 1. The van der Waals surface area contributed by atoms with E-state index in [-0.39, 0.29) is 0 Å². The first-order valence-corrected chi connectivity index (χ1v) is 11.7. The Morgan fingerprint density at radius 1 is 1.12 bits per heavy atom. The van der Waals surface area contributed by atoms with E-state index in [1.807, 2.05) is 30.6 Å². The van der Waals surface area contributed by atoms with Crippen molar-refractivity contribution in [2.24, 2.45) is 5.73 Å². The lowest BCUT2D eigenvalue weighted by molar-refractivity contribution is 0.325. The third-order valence-corrected chi connectivity index (χ3v) is 6.81. The molecule has 7 nitrogen and oxygen atoms in total. The van der Waals surface area contributed by atoms with Gasteiger partial charge in [0.25, 0.3) is 0 Å². The van der Waals surface area contributed by atoms with E-state index in [9.17, 15) is 5.26 Å². The highest BCUT2D eigenvalue weighted by atomic mass is 32.2. The number of rotatable bonds is 4. The van der Waals surface area contributed by atoms with Gasteiger partial charge in [-0.05, 0) is 45.0 Å². The van der Waals surface area contributed by atoms with Crippen molar-refractivity contribution in [2.45, 2.75) is 55.0 Å². The number of pyridine rings is 2. The molecule has 1 fully saturated rings. The lowest BCUT2D eigenvalue weighted by Crippen LogP contribution is -2.15. The summed E-state index contributed by atoms with van der Waals surface area (Å²) in [6.07, 6.45) is 13.7. The zero-order chi connectivity index (χ0) is 22.5. The summed E-state index contributed by atoms with van der Waals surface area (Å²) in [5.41, 5.74) is 9.22. The molecule has 1 aliphatic carbocycles. The van der Waals surface area contributed by atoms with Gasteiger partial charge in [-0.25, -0.2) is 9.50 Å². The van der Waals surface area contributed by atoms with Gasteiger partial charge in [0.05, 0.1) is 29.5 Å². The quantitative estimate of drug-likeness (QED) is 0.474. The minimum absolute atomic E-state index is 0.494. The molecule has 1 saturated carbocycles. The van der Waals surface area contributed by atoms with E-state index in [4.69, 9.17) is 5.10 Å². The number of fused-ring (bicyclic) bond motifs is 1. The van der Waals surface area contributed by atoms with E-state index in [1.54, 1.807) is 28.7 Å². The van der Waals surface area contributed by atoms with Gasteiger partial charge < -0.3 is 5.73 Å². The second kappa shape index (κ2) is 9.98. The molecule has 164 valence electrons. The van der Waals surface area contributed by atoms with Crippen LogP contribution < -0.4 is 5.73 Å². The Morgan fingerprint density at radius 3 is 2.66 bits per heavy atom. The van der Waals surface area contributed by atoms with Crippen LogP contribution in [0.3, 0.4) is 0 Å². The average Bonchev–Trinajstić information content (AvgIpc) is 3.45. The van der Waals surface area contributed by atoms with Gasteiger partial charge in [-0.2, -0.15) is 15.5 Å². The van der Waals surface area contributed by atoms with Crippen LogP contribution in [0.4, 0.5) is 0 Å². The first kappa shape index (κ1) is 22.1. The van der Waals surface area contributed by atoms with Crippen LogP contribution in [0.2, 0.25) is 0 Å². The maximum absolute atomic E-state index is 9.55. The summed E-state index contributed by atoms with van der Waals surface area (Å²) in [4.78, 5) is 5.40. The summed E-state index contributed by atoms with van der Waals surface area (Å²) in [6.45, 7) is 2.15. The summed E-state index contributed by atoms with van der Waals surface area (Å²) in [6, 6.07) is 10.7. The highest BCUT2D eigenvalue weighted by Crippen LogP contribution is 2.37. The Kier molecular flexibility index (Phi) is 6.88. The van der Waals surface area contributed by atoms with Gasteiger partial charge >= 0.3 is 0 Å². The number of nitriles is 1. The molecule has 2 N–H and O–H groups in total. The molecule has 0 amide bonds. The van der Waals surface area contributed by atoms with Crippen molar-refractivity contribution in [3.63, 3.8) is 0 Å². The molecule has 4 aromatic heterocycles. The van der Waals surface area contributed by atoms with E-state index in [2.05, 4.69) is 39.6 Å². The molecule has 0 aromatic carbocycles. The fourth-order valence-electron chi connectivity index (χ4n) is 4.31. The molecule has 4 heterocycles. The van der Waals surface area contributed by atoms with Crippen molar-refractivity contribution >= 4 is 17.3 Å². The zero-order valence-electron chi connectivity index (χ0n) is 18.4. The lowest BCUT2D eigenvalue weighted by Gasteiger charge is -2.23. The van der Waals surface area contributed by atoms with Gasteiger partial charge in [0.2, 0.25) is 0 Å². The van der Waals surface area contributed by atoms with Crippen LogP contribution >= 0.6 is 11.8 Å². The second-order valence-corrected chi connectivity index (χ2v) is 8.77. The highest BCUT2D eigenvalue weighted by molar-refractivity contribution is 7.99. The molecule has 0 bridgehead atoms. The second-order valence-electron chi connectivity index (χ2n) is 7.71. The van der Waals surface area contributed by atoms with Crippen molar-refractivity contribution in [3.05, 3.63) is 60.3 Å². The SMILES string of the molecule is CN.Cc1c(-c2cc(Sc3ccccn3)c3c(C#N)cnn3c2)cnn1C1CCCCC1. The van der Waals surface area contributed by atoms with Gasteiger partial charge in [0.15, 0.2) is 0 Å². The summed E-state index contributed by atoms with van der Waals surface area (Å²) in [5.74, 6) is 0. The van der Waals surface area contributed by atoms with E-state index >= 15 is 0 Å². The average molecular weight is 446 g/mol. The molecule has 0 radical (unpaired) electrons. The molecular weight excluding hydrogens is 418 g/mol. The first-order valence-electron chi connectivity index (χ1n) is 10.9. The maximum atomic E-state index is 9.55. The van der Waals surface area contributed by atoms with Crippen molar-refractivity contribution in [3.8, 4) is 17.2 Å². The smallest absolute Gasteiger partial charge is 0.103 e. The number of hydrogen-bond donors (Lipinski definition) is 1. The van der Waals surface area contributed by atoms with Crippen molar-refractivity contribution in [2.75, 3.05) is 7.05 Å². The van der Waals surface area contributed by atoms with Gasteiger partial charge in [-0.3, -0.25) is 4.68 Å². The fourth-order valence-corrected chi connectivity index (χ4v) is 5.28. The van der Waals surface area contributed by atoms with E-state index < -0.39 is 0 Å². The van der Waals surface area contributed by atoms with Crippen LogP contribution in [-0.4, -0.2) is 31.4 Å². The van der Waals surface area contributed by atoms with Crippen LogP contribution in [0.5, 0.6) is 0 Å². The minimum atomic E-state index is 0.494. The van der Waals surface area contributed by atoms with Gasteiger partial charge in [-0.1, -0.05) is 37.1 Å². The Balaban J connectivity index is 0.00000119. The summed E-state index contributed by atoms with van der Waals surface area (Å²) in [7, 11) is 1.50. The first-order chi connectivity index (χ1) is 15.7. The molecule has 0 saturated heterocycles. The molecule has 0 atom stereocenters. The topological polar surface area (TPSA) is 97.8 Å². The maximum Gasteiger partial charge on any atom is 0.103 e. The van der Waals surface area contributed by atoms with Crippen molar-refractivity contribution < 1.29 is 0 Å². The summed E-state index contributed by atoms with van der Waals surface area (Å²) < 4.78 is 4.00. The molecule has 0 spiro atoms. The van der Waals surface area contributed by atoms with Gasteiger partial charge in [-0.15, -0.1) is 0 Å². The summed E-state index contributed by atoms with van der Waals surface area (Å²) >= 11 is 1.55. The number of hydrogen-bond acceptors (Lipinski definition) is 6.